The highest BCUT2D eigenvalue weighted by molar-refractivity contribution is 6.35. The summed E-state index contributed by atoms with van der Waals surface area (Å²) in [5.41, 5.74) is 0.620. The maximum absolute atomic E-state index is 11.9. The molecule has 0 aliphatic carbocycles. The Balaban J connectivity index is 2.56. The fourth-order valence-corrected chi connectivity index (χ4v) is 2.11. The van der Waals surface area contributed by atoms with Crippen LogP contribution in [0, 0.1) is 0 Å². The van der Waals surface area contributed by atoms with Crippen LogP contribution < -0.4 is 5.56 Å². The number of carbonyl (C=O) groups excluding carboxylic acids is 1. The van der Waals surface area contributed by atoms with E-state index in [9.17, 15) is 9.59 Å². The van der Waals surface area contributed by atoms with E-state index in [0.29, 0.717) is 15.6 Å². The number of pyridine rings is 1. The second-order valence-corrected chi connectivity index (χ2v) is 4.82. The van der Waals surface area contributed by atoms with Gasteiger partial charge in [-0.2, -0.15) is 0 Å². The molecule has 0 amide bonds. The van der Waals surface area contributed by atoms with Crippen molar-refractivity contribution in [2.75, 3.05) is 6.61 Å². The molecule has 0 unspecified atom stereocenters. The maximum Gasteiger partial charge on any atom is 0.339 e. The molecule has 1 N–H and O–H groups in total. The lowest BCUT2D eigenvalue weighted by molar-refractivity contribution is 0.0526. The molecule has 2 aromatic rings. The van der Waals surface area contributed by atoms with Gasteiger partial charge in [-0.25, -0.2) is 4.79 Å². The summed E-state index contributed by atoms with van der Waals surface area (Å²) in [6, 6.07) is 6.23. The van der Waals surface area contributed by atoms with Gasteiger partial charge in [0, 0.05) is 27.4 Å². The predicted molar refractivity (Wildman–Crippen MR) is 78.5 cm³/mol. The van der Waals surface area contributed by atoms with Crippen LogP contribution in [0.5, 0.6) is 0 Å². The van der Waals surface area contributed by atoms with Crippen LogP contribution in [-0.2, 0) is 4.74 Å². The minimum Gasteiger partial charge on any atom is -0.462 e. The number of nitrogens with one attached hydrogen (secondary N) is 1. The summed E-state index contributed by atoms with van der Waals surface area (Å²) in [7, 11) is 0. The summed E-state index contributed by atoms with van der Waals surface area (Å²) >= 11 is 12.0. The van der Waals surface area contributed by atoms with Gasteiger partial charge in [0.15, 0.2) is 0 Å². The highest BCUT2D eigenvalue weighted by Crippen LogP contribution is 2.28. The van der Waals surface area contributed by atoms with Gasteiger partial charge in [-0.1, -0.05) is 23.2 Å². The first-order valence-electron chi connectivity index (χ1n) is 5.88. The van der Waals surface area contributed by atoms with Gasteiger partial charge < -0.3 is 9.72 Å². The van der Waals surface area contributed by atoms with Gasteiger partial charge in [0.2, 0.25) is 0 Å². The fraction of sp³-hybridized carbons (Fsp3) is 0.143. The largest absolute Gasteiger partial charge is 0.462 e. The molecule has 1 aromatic heterocycles. The number of carbonyl (C=O) groups is 1. The van der Waals surface area contributed by atoms with E-state index in [0.717, 1.165) is 0 Å². The van der Waals surface area contributed by atoms with E-state index in [4.69, 9.17) is 27.9 Å². The molecule has 104 valence electrons. The normalized spacial score (nSPS) is 10.3. The lowest BCUT2D eigenvalue weighted by atomic mass is 10.1. The molecule has 0 radical (unpaired) electrons. The number of rotatable bonds is 3. The van der Waals surface area contributed by atoms with Crippen molar-refractivity contribution in [3.05, 3.63) is 56.4 Å². The summed E-state index contributed by atoms with van der Waals surface area (Å²) in [4.78, 5) is 26.1. The molecule has 2 rings (SSSR count). The minimum atomic E-state index is -0.511. The van der Waals surface area contributed by atoms with E-state index in [1.165, 1.54) is 12.3 Å². The van der Waals surface area contributed by atoms with Crippen LogP contribution in [-0.4, -0.2) is 17.6 Å². The van der Waals surface area contributed by atoms with Crippen molar-refractivity contribution in [1.82, 2.24) is 4.98 Å². The van der Waals surface area contributed by atoms with Crippen molar-refractivity contribution < 1.29 is 9.53 Å². The van der Waals surface area contributed by atoms with Gasteiger partial charge in [-0.05, 0) is 31.2 Å². The predicted octanol–water partition coefficient (Wildman–Crippen LogP) is 3.53. The topological polar surface area (TPSA) is 59.2 Å². The summed E-state index contributed by atoms with van der Waals surface area (Å²) in [6.45, 7) is 1.96. The first-order valence-corrected chi connectivity index (χ1v) is 6.63. The van der Waals surface area contributed by atoms with Gasteiger partial charge in [0.1, 0.15) is 0 Å². The Labute approximate surface area is 125 Å². The van der Waals surface area contributed by atoms with E-state index < -0.39 is 5.97 Å². The van der Waals surface area contributed by atoms with Crippen LogP contribution >= 0.6 is 23.2 Å². The van der Waals surface area contributed by atoms with Gasteiger partial charge in [0.05, 0.1) is 12.2 Å². The van der Waals surface area contributed by atoms with E-state index in [1.54, 1.807) is 25.1 Å². The van der Waals surface area contributed by atoms with E-state index in [-0.39, 0.29) is 23.3 Å². The van der Waals surface area contributed by atoms with Crippen molar-refractivity contribution >= 4 is 29.2 Å². The number of H-pyrrole nitrogens is 1. The number of ether oxygens (including phenoxy) is 1. The lowest BCUT2D eigenvalue weighted by Crippen LogP contribution is -2.13. The molecule has 6 heteroatoms. The Morgan fingerprint density at radius 1 is 1.25 bits per heavy atom. The Hall–Kier alpha value is -1.78. The molecule has 0 bridgehead atoms. The fourth-order valence-electron chi connectivity index (χ4n) is 1.72. The molecule has 0 aliphatic heterocycles. The number of hydrogen-bond donors (Lipinski definition) is 1. The molecule has 20 heavy (non-hydrogen) atoms. The molecule has 1 heterocycles. The summed E-state index contributed by atoms with van der Waals surface area (Å²) in [5, 5.41) is 0.825. The average molecular weight is 312 g/mol. The highest BCUT2D eigenvalue weighted by Gasteiger charge is 2.13. The smallest absolute Gasteiger partial charge is 0.339 e. The van der Waals surface area contributed by atoms with E-state index in [2.05, 4.69) is 4.98 Å². The molecular weight excluding hydrogens is 301 g/mol. The summed E-state index contributed by atoms with van der Waals surface area (Å²) in [6.07, 6.45) is 1.31. The molecule has 0 saturated carbocycles. The number of aromatic nitrogens is 1. The van der Waals surface area contributed by atoms with Crippen molar-refractivity contribution in [1.29, 1.82) is 0 Å². The third-order valence-corrected chi connectivity index (χ3v) is 3.20. The van der Waals surface area contributed by atoms with Gasteiger partial charge in [-0.15, -0.1) is 0 Å². The van der Waals surface area contributed by atoms with Gasteiger partial charge in [0.25, 0.3) is 5.56 Å². The maximum atomic E-state index is 11.9. The zero-order valence-corrected chi connectivity index (χ0v) is 12.1. The SMILES string of the molecule is CCOC(=O)c1c[nH]c(=O)c(-c2cc(Cl)ccc2Cl)c1. The van der Waals surface area contributed by atoms with E-state index >= 15 is 0 Å². The second kappa shape index (κ2) is 6.11. The number of halogens is 2. The average Bonchev–Trinajstić information content (AvgIpc) is 2.42. The standard InChI is InChI=1S/C14H11Cl2NO3/c1-2-20-14(19)8-5-11(13(18)17-7-8)10-6-9(15)3-4-12(10)16/h3-7H,2H2,1H3,(H,17,18). The van der Waals surface area contributed by atoms with Crippen LogP contribution in [0.4, 0.5) is 0 Å². The monoisotopic (exact) mass is 311 g/mol. The first-order chi connectivity index (χ1) is 9.52. The Morgan fingerprint density at radius 3 is 2.70 bits per heavy atom. The van der Waals surface area contributed by atoms with Gasteiger partial charge in [-0.3, -0.25) is 4.79 Å². The van der Waals surface area contributed by atoms with Crippen LogP contribution in [0.15, 0.2) is 35.3 Å². The highest BCUT2D eigenvalue weighted by atomic mass is 35.5. The summed E-state index contributed by atoms with van der Waals surface area (Å²) < 4.78 is 4.89. The van der Waals surface area contributed by atoms with Crippen molar-refractivity contribution in [2.45, 2.75) is 6.92 Å². The molecule has 0 atom stereocenters. The Bertz CT molecular complexity index is 710. The van der Waals surface area contributed by atoms with Crippen LogP contribution in [0.25, 0.3) is 11.1 Å². The number of hydrogen-bond acceptors (Lipinski definition) is 3. The number of esters is 1. The number of aromatic amines is 1. The first kappa shape index (κ1) is 14.6. The lowest BCUT2D eigenvalue weighted by Gasteiger charge is -2.07. The van der Waals surface area contributed by atoms with Gasteiger partial charge >= 0.3 is 5.97 Å². The Morgan fingerprint density at radius 2 is 2.00 bits per heavy atom. The molecular formula is C14H11Cl2NO3. The van der Waals surface area contributed by atoms with Crippen molar-refractivity contribution in [3.63, 3.8) is 0 Å². The van der Waals surface area contributed by atoms with Crippen molar-refractivity contribution in [3.8, 4) is 11.1 Å². The van der Waals surface area contributed by atoms with Crippen LogP contribution in [0.1, 0.15) is 17.3 Å². The Kier molecular flexibility index (Phi) is 4.47. The van der Waals surface area contributed by atoms with Crippen molar-refractivity contribution in [2.24, 2.45) is 0 Å². The third-order valence-electron chi connectivity index (χ3n) is 2.63. The number of benzene rings is 1. The molecule has 0 aliphatic rings. The molecule has 4 nitrogen and oxygen atoms in total. The molecule has 0 saturated heterocycles. The molecule has 0 fully saturated rings. The molecule has 1 aromatic carbocycles. The minimum absolute atomic E-state index is 0.248. The zero-order chi connectivity index (χ0) is 14.7. The zero-order valence-electron chi connectivity index (χ0n) is 10.6. The quantitative estimate of drug-likeness (QED) is 0.882. The second-order valence-electron chi connectivity index (χ2n) is 3.98. The third kappa shape index (κ3) is 3.03. The molecule has 0 spiro atoms. The summed E-state index contributed by atoms with van der Waals surface area (Å²) in [5.74, 6) is -0.511. The van der Waals surface area contributed by atoms with Crippen LogP contribution in [0.3, 0.4) is 0 Å². The van der Waals surface area contributed by atoms with Crippen LogP contribution in [0.2, 0.25) is 10.0 Å². The van der Waals surface area contributed by atoms with E-state index in [1.807, 2.05) is 0 Å².